The topological polar surface area (TPSA) is 87.1 Å². The Morgan fingerprint density at radius 2 is 1.74 bits per heavy atom. The fourth-order valence-corrected chi connectivity index (χ4v) is 3.86. The number of phenols is 1. The second-order valence-corrected chi connectivity index (χ2v) is 8.47. The van der Waals surface area contributed by atoms with Crippen LogP contribution in [0.15, 0.2) is 78.4 Å². The van der Waals surface area contributed by atoms with Gasteiger partial charge in [-0.05, 0) is 66.1 Å². The van der Waals surface area contributed by atoms with E-state index < -0.39 is 23.5 Å². The van der Waals surface area contributed by atoms with Crippen molar-refractivity contribution in [1.29, 1.82) is 0 Å². The van der Waals surface area contributed by atoms with Gasteiger partial charge in [-0.25, -0.2) is 4.39 Å². The Balaban J connectivity index is 1.83. The van der Waals surface area contributed by atoms with Crippen LogP contribution in [0.4, 0.5) is 10.1 Å². The fraction of sp³-hybridized carbons (Fsp3) is 0.185. The average Bonchev–Trinajstić information content (AvgIpc) is 3.08. The molecule has 34 heavy (non-hydrogen) atoms. The predicted octanol–water partition coefficient (Wildman–Crippen LogP) is 5.19. The smallest absolute Gasteiger partial charge is 0.300 e. The molecule has 174 valence electrons. The number of amides is 1. The molecular formula is C27H24FNO5. The van der Waals surface area contributed by atoms with Gasteiger partial charge in [-0.15, -0.1) is 0 Å². The molecule has 1 heterocycles. The van der Waals surface area contributed by atoms with Crippen molar-refractivity contribution >= 4 is 23.1 Å². The molecule has 0 bridgehead atoms. The second-order valence-electron chi connectivity index (χ2n) is 8.47. The van der Waals surface area contributed by atoms with E-state index in [0.717, 1.165) is 11.0 Å². The minimum absolute atomic E-state index is 0.0750. The van der Waals surface area contributed by atoms with E-state index in [-0.39, 0.29) is 22.8 Å². The summed E-state index contributed by atoms with van der Waals surface area (Å²) >= 11 is 0. The molecule has 0 aromatic heterocycles. The van der Waals surface area contributed by atoms with Crippen molar-refractivity contribution in [3.8, 4) is 11.5 Å². The molecule has 1 fully saturated rings. The van der Waals surface area contributed by atoms with Crippen LogP contribution in [0.2, 0.25) is 0 Å². The van der Waals surface area contributed by atoms with Crippen molar-refractivity contribution in [2.45, 2.75) is 19.9 Å². The summed E-state index contributed by atoms with van der Waals surface area (Å²) in [6.07, 6.45) is 0. The highest BCUT2D eigenvalue weighted by molar-refractivity contribution is 6.51. The summed E-state index contributed by atoms with van der Waals surface area (Å²) in [6.45, 7) is 4.58. The fourth-order valence-electron chi connectivity index (χ4n) is 3.86. The molecular weight excluding hydrogens is 437 g/mol. The quantitative estimate of drug-likeness (QED) is 0.300. The standard InChI is InChI=1S/C27H24FNO5/c1-16(2)15-34-22-11-9-17(10-12-22)25(31)23-24(18-5-3-8-21(30)13-18)29(27(33)26(23)32)20-7-4-6-19(28)14-20/h3-14,16,24,30-31H,15H2,1-2H3/b25-23+. The van der Waals surface area contributed by atoms with Gasteiger partial charge >= 0.3 is 0 Å². The zero-order valence-electron chi connectivity index (χ0n) is 18.7. The van der Waals surface area contributed by atoms with E-state index in [4.69, 9.17) is 4.74 Å². The summed E-state index contributed by atoms with van der Waals surface area (Å²) in [6, 6.07) is 16.8. The van der Waals surface area contributed by atoms with Crippen LogP contribution < -0.4 is 9.64 Å². The molecule has 1 atom stereocenters. The number of hydrogen-bond acceptors (Lipinski definition) is 5. The number of ketones is 1. The first kappa shape index (κ1) is 23.0. The molecule has 1 unspecified atom stereocenters. The van der Waals surface area contributed by atoms with E-state index in [1.807, 2.05) is 13.8 Å². The number of halogens is 1. The first-order valence-electron chi connectivity index (χ1n) is 10.8. The number of hydrogen-bond donors (Lipinski definition) is 2. The number of Topliss-reactive ketones (excluding diaryl/α,β-unsaturated/α-hetero) is 1. The molecule has 2 N–H and O–H groups in total. The lowest BCUT2D eigenvalue weighted by molar-refractivity contribution is -0.132. The molecule has 0 saturated carbocycles. The van der Waals surface area contributed by atoms with E-state index in [9.17, 15) is 24.2 Å². The lowest BCUT2D eigenvalue weighted by atomic mass is 9.95. The second kappa shape index (κ2) is 9.39. The first-order chi connectivity index (χ1) is 16.3. The predicted molar refractivity (Wildman–Crippen MR) is 126 cm³/mol. The minimum atomic E-state index is -1.06. The van der Waals surface area contributed by atoms with Gasteiger partial charge in [-0.2, -0.15) is 0 Å². The van der Waals surface area contributed by atoms with Crippen LogP contribution in [-0.2, 0) is 9.59 Å². The normalized spacial score (nSPS) is 17.4. The van der Waals surface area contributed by atoms with Crippen molar-refractivity contribution in [2.24, 2.45) is 5.92 Å². The number of aromatic hydroxyl groups is 1. The Morgan fingerprint density at radius 1 is 1.03 bits per heavy atom. The Bertz CT molecular complexity index is 1270. The Kier molecular flexibility index (Phi) is 6.36. The molecule has 6 nitrogen and oxygen atoms in total. The number of benzene rings is 3. The third-order valence-corrected chi connectivity index (χ3v) is 5.43. The maximum absolute atomic E-state index is 14.0. The number of carbonyl (C=O) groups is 2. The third-order valence-electron chi connectivity index (χ3n) is 5.43. The number of anilines is 1. The van der Waals surface area contributed by atoms with Gasteiger partial charge in [0.2, 0.25) is 0 Å². The number of aliphatic hydroxyl groups excluding tert-OH is 1. The molecule has 0 radical (unpaired) electrons. The maximum atomic E-state index is 14.0. The summed E-state index contributed by atoms with van der Waals surface area (Å²) in [5.41, 5.74) is 0.712. The first-order valence-corrected chi connectivity index (χ1v) is 10.8. The molecule has 3 aromatic carbocycles. The van der Waals surface area contributed by atoms with Crippen molar-refractivity contribution < 1.29 is 28.9 Å². The van der Waals surface area contributed by atoms with Crippen LogP contribution in [-0.4, -0.2) is 28.5 Å². The maximum Gasteiger partial charge on any atom is 0.300 e. The lowest BCUT2D eigenvalue weighted by Crippen LogP contribution is -2.29. The van der Waals surface area contributed by atoms with E-state index in [0.29, 0.717) is 29.4 Å². The van der Waals surface area contributed by atoms with E-state index in [1.165, 1.54) is 30.3 Å². The van der Waals surface area contributed by atoms with Crippen molar-refractivity contribution in [1.82, 2.24) is 0 Å². The van der Waals surface area contributed by atoms with Crippen LogP contribution in [0.25, 0.3) is 5.76 Å². The van der Waals surface area contributed by atoms with Crippen molar-refractivity contribution in [2.75, 3.05) is 11.5 Å². The van der Waals surface area contributed by atoms with Gasteiger partial charge in [-0.3, -0.25) is 14.5 Å². The lowest BCUT2D eigenvalue weighted by Gasteiger charge is -2.25. The van der Waals surface area contributed by atoms with Gasteiger partial charge in [0.1, 0.15) is 23.1 Å². The number of ether oxygens (including phenoxy) is 1. The molecule has 1 aliphatic rings. The molecule has 0 aliphatic carbocycles. The number of aliphatic hydroxyl groups is 1. The summed E-state index contributed by atoms with van der Waals surface area (Å²) in [4.78, 5) is 27.3. The van der Waals surface area contributed by atoms with Gasteiger partial charge in [-0.1, -0.05) is 32.0 Å². The molecule has 0 spiro atoms. The zero-order valence-corrected chi connectivity index (χ0v) is 18.7. The highest BCUT2D eigenvalue weighted by Crippen LogP contribution is 2.42. The van der Waals surface area contributed by atoms with Gasteiger partial charge in [0.05, 0.1) is 18.2 Å². The molecule has 7 heteroatoms. The number of nitrogens with zero attached hydrogens (tertiary/aromatic N) is 1. The monoisotopic (exact) mass is 461 g/mol. The van der Waals surface area contributed by atoms with Crippen LogP contribution in [0.5, 0.6) is 11.5 Å². The zero-order chi connectivity index (χ0) is 24.4. The molecule has 3 aromatic rings. The van der Waals surface area contributed by atoms with Crippen molar-refractivity contribution in [3.05, 3.63) is 95.3 Å². The number of phenolic OH excluding ortho intramolecular Hbond substituents is 1. The number of carbonyl (C=O) groups excluding carboxylic acids is 2. The van der Waals surface area contributed by atoms with Gasteiger partial charge < -0.3 is 14.9 Å². The Labute approximate surface area is 196 Å². The SMILES string of the molecule is CC(C)COc1ccc(/C(O)=C2\C(=O)C(=O)N(c3cccc(F)c3)C2c2cccc(O)c2)cc1. The third kappa shape index (κ3) is 4.50. The van der Waals surface area contributed by atoms with Crippen LogP contribution in [0.1, 0.15) is 31.0 Å². The summed E-state index contributed by atoms with van der Waals surface area (Å²) in [5, 5.41) is 21.2. The van der Waals surface area contributed by atoms with E-state index in [2.05, 4.69) is 0 Å². The highest BCUT2D eigenvalue weighted by Gasteiger charge is 2.47. The largest absolute Gasteiger partial charge is 0.508 e. The van der Waals surface area contributed by atoms with Crippen LogP contribution >= 0.6 is 0 Å². The van der Waals surface area contributed by atoms with Crippen LogP contribution in [0, 0.1) is 11.7 Å². The molecule has 1 aliphatic heterocycles. The summed E-state index contributed by atoms with van der Waals surface area (Å²) in [5.74, 6) is -1.89. The average molecular weight is 461 g/mol. The van der Waals surface area contributed by atoms with Gasteiger partial charge in [0.15, 0.2) is 0 Å². The Morgan fingerprint density at radius 3 is 2.38 bits per heavy atom. The Hall–Kier alpha value is -4.13. The molecule has 1 saturated heterocycles. The minimum Gasteiger partial charge on any atom is -0.508 e. The van der Waals surface area contributed by atoms with Gasteiger partial charge in [0.25, 0.3) is 11.7 Å². The van der Waals surface area contributed by atoms with Crippen LogP contribution in [0.3, 0.4) is 0 Å². The highest BCUT2D eigenvalue weighted by atomic mass is 19.1. The van der Waals surface area contributed by atoms with Gasteiger partial charge in [0, 0.05) is 11.3 Å². The van der Waals surface area contributed by atoms with Crippen molar-refractivity contribution in [3.63, 3.8) is 0 Å². The number of rotatable bonds is 6. The van der Waals surface area contributed by atoms with E-state index in [1.54, 1.807) is 36.4 Å². The van der Waals surface area contributed by atoms with E-state index >= 15 is 0 Å². The summed E-state index contributed by atoms with van der Waals surface area (Å²) < 4.78 is 19.6. The summed E-state index contributed by atoms with van der Waals surface area (Å²) in [7, 11) is 0. The molecule has 4 rings (SSSR count). The molecule has 1 amide bonds.